The predicted molar refractivity (Wildman–Crippen MR) is 67.3 cm³/mol. The first-order valence-electron chi connectivity index (χ1n) is 5.67. The zero-order valence-corrected chi connectivity index (χ0v) is 11.0. The zero-order chi connectivity index (χ0) is 13.6. The van der Waals surface area contributed by atoms with Crippen molar-refractivity contribution in [1.82, 2.24) is 0 Å². The summed E-state index contributed by atoms with van der Waals surface area (Å²) >= 11 is 0. The topological polar surface area (TPSA) is 83.8 Å². The van der Waals surface area contributed by atoms with Crippen molar-refractivity contribution in [2.24, 2.45) is 0 Å². The molecule has 1 aromatic carbocycles. The lowest BCUT2D eigenvalue weighted by atomic mass is 10.2. The van der Waals surface area contributed by atoms with Gasteiger partial charge in [-0.25, -0.2) is 0 Å². The SMILES string of the molecule is CCOC(=O)CCP(=O)(O)[C@@H](O)c1ccccc1. The number of ether oxygens (including phenoxy) is 1. The van der Waals surface area contributed by atoms with E-state index in [0.717, 1.165) is 0 Å². The molecule has 0 amide bonds. The molecule has 18 heavy (non-hydrogen) atoms. The third-order valence-electron chi connectivity index (χ3n) is 2.42. The van der Waals surface area contributed by atoms with Gasteiger partial charge in [-0.1, -0.05) is 30.3 Å². The summed E-state index contributed by atoms with van der Waals surface area (Å²) in [5.41, 5.74) is 0.368. The number of carbonyl (C=O) groups is 1. The molecule has 6 heteroatoms. The molecule has 1 unspecified atom stereocenters. The number of esters is 1. The van der Waals surface area contributed by atoms with Crippen LogP contribution in [0.15, 0.2) is 30.3 Å². The Bertz CT molecular complexity index is 431. The zero-order valence-electron chi connectivity index (χ0n) is 10.2. The van der Waals surface area contributed by atoms with Gasteiger partial charge < -0.3 is 14.7 Å². The maximum Gasteiger partial charge on any atom is 0.306 e. The number of aliphatic hydroxyl groups is 1. The van der Waals surface area contributed by atoms with Crippen LogP contribution in [0.4, 0.5) is 0 Å². The second-order valence-corrected chi connectivity index (χ2v) is 6.27. The predicted octanol–water partition coefficient (Wildman–Crippen LogP) is 1.90. The van der Waals surface area contributed by atoms with Gasteiger partial charge in [0, 0.05) is 6.16 Å². The van der Waals surface area contributed by atoms with Crippen molar-refractivity contribution >= 4 is 13.3 Å². The van der Waals surface area contributed by atoms with Crippen molar-refractivity contribution in [3.63, 3.8) is 0 Å². The van der Waals surface area contributed by atoms with Gasteiger partial charge in [-0.3, -0.25) is 9.36 Å². The molecule has 0 heterocycles. The summed E-state index contributed by atoms with van der Waals surface area (Å²) in [4.78, 5) is 20.9. The molecule has 5 nitrogen and oxygen atoms in total. The van der Waals surface area contributed by atoms with Gasteiger partial charge in [0.1, 0.15) is 0 Å². The van der Waals surface area contributed by atoms with E-state index in [9.17, 15) is 19.4 Å². The van der Waals surface area contributed by atoms with Crippen molar-refractivity contribution in [3.05, 3.63) is 35.9 Å². The van der Waals surface area contributed by atoms with Crippen LogP contribution in [-0.2, 0) is 14.1 Å². The Kier molecular flexibility index (Phi) is 5.54. The van der Waals surface area contributed by atoms with E-state index < -0.39 is 19.2 Å². The molecule has 1 aromatic rings. The fourth-order valence-electron chi connectivity index (χ4n) is 1.47. The van der Waals surface area contributed by atoms with E-state index in [1.54, 1.807) is 37.3 Å². The van der Waals surface area contributed by atoms with Crippen molar-refractivity contribution < 1.29 is 24.1 Å². The lowest BCUT2D eigenvalue weighted by molar-refractivity contribution is -0.142. The lowest BCUT2D eigenvalue weighted by Crippen LogP contribution is -2.09. The molecule has 0 saturated heterocycles. The third kappa shape index (κ3) is 4.26. The van der Waals surface area contributed by atoms with Gasteiger partial charge in [0.2, 0.25) is 7.37 Å². The van der Waals surface area contributed by atoms with Crippen molar-refractivity contribution in [2.45, 2.75) is 19.2 Å². The van der Waals surface area contributed by atoms with E-state index in [1.807, 2.05) is 0 Å². The maximum absolute atomic E-state index is 11.9. The smallest absolute Gasteiger partial charge is 0.306 e. The molecule has 0 saturated carbocycles. The number of rotatable bonds is 6. The second kappa shape index (κ2) is 6.69. The van der Waals surface area contributed by atoms with Crippen LogP contribution >= 0.6 is 7.37 Å². The Balaban J connectivity index is 2.63. The van der Waals surface area contributed by atoms with Crippen LogP contribution in [0, 0.1) is 0 Å². The molecule has 100 valence electrons. The first-order valence-corrected chi connectivity index (χ1v) is 7.59. The van der Waals surface area contributed by atoms with Gasteiger partial charge in [-0.15, -0.1) is 0 Å². The highest BCUT2D eigenvalue weighted by Crippen LogP contribution is 2.54. The highest BCUT2D eigenvalue weighted by Gasteiger charge is 2.30. The van der Waals surface area contributed by atoms with Crippen LogP contribution < -0.4 is 0 Å². The van der Waals surface area contributed by atoms with Gasteiger partial charge in [0.25, 0.3) is 0 Å². The molecule has 0 radical (unpaired) electrons. The molecule has 0 fully saturated rings. The molecule has 0 spiro atoms. The Hall–Kier alpha value is -1.16. The van der Waals surface area contributed by atoms with E-state index in [1.165, 1.54) is 0 Å². The number of benzene rings is 1. The molecule has 0 bridgehead atoms. The molecule has 0 aliphatic heterocycles. The van der Waals surface area contributed by atoms with Crippen LogP contribution in [0.3, 0.4) is 0 Å². The van der Waals surface area contributed by atoms with E-state index in [4.69, 9.17) is 0 Å². The fourth-order valence-corrected chi connectivity index (χ4v) is 2.85. The minimum absolute atomic E-state index is 0.175. The Morgan fingerprint density at radius 2 is 2.00 bits per heavy atom. The molecule has 1 rings (SSSR count). The van der Waals surface area contributed by atoms with Crippen LogP contribution in [0.2, 0.25) is 0 Å². The van der Waals surface area contributed by atoms with E-state index >= 15 is 0 Å². The number of carbonyl (C=O) groups excluding carboxylic acids is 1. The average molecular weight is 272 g/mol. The first kappa shape index (κ1) is 14.9. The monoisotopic (exact) mass is 272 g/mol. The Morgan fingerprint density at radius 1 is 1.39 bits per heavy atom. The van der Waals surface area contributed by atoms with Crippen LogP contribution in [0.25, 0.3) is 0 Å². The lowest BCUT2D eigenvalue weighted by Gasteiger charge is -2.18. The summed E-state index contributed by atoms with van der Waals surface area (Å²) in [7, 11) is -3.83. The molecule has 2 N–H and O–H groups in total. The standard InChI is InChI=1S/C12H17O5P/c1-2-17-11(13)8-9-18(15,16)12(14)10-6-4-3-5-7-10/h3-7,12,14H,2,8-9H2,1H3,(H,15,16)/t12-/m1/s1. The van der Waals surface area contributed by atoms with Crippen molar-refractivity contribution in [3.8, 4) is 0 Å². The van der Waals surface area contributed by atoms with Crippen LogP contribution in [-0.4, -0.2) is 28.7 Å². The molecular formula is C12H17O5P. The Labute approximate surface area is 106 Å². The number of hydrogen-bond donors (Lipinski definition) is 2. The number of hydrogen-bond acceptors (Lipinski definition) is 4. The van der Waals surface area contributed by atoms with Crippen LogP contribution in [0.1, 0.15) is 24.8 Å². The summed E-state index contributed by atoms with van der Waals surface area (Å²) < 4.78 is 16.6. The summed E-state index contributed by atoms with van der Waals surface area (Å²) in [6.45, 7) is 1.89. The molecule has 0 aliphatic carbocycles. The molecule has 2 atom stereocenters. The minimum Gasteiger partial charge on any atom is -0.466 e. The maximum atomic E-state index is 11.9. The van der Waals surface area contributed by atoms with E-state index in [0.29, 0.717) is 5.56 Å². The molecular weight excluding hydrogens is 255 g/mol. The van der Waals surface area contributed by atoms with Gasteiger partial charge in [-0.2, -0.15) is 0 Å². The van der Waals surface area contributed by atoms with Gasteiger partial charge >= 0.3 is 5.97 Å². The largest absolute Gasteiger partial charge is 0.466 e. The summed E-state index contributed by atoms with van der Waals surface area (Å²) in [5.74, 6) is -2.00. The fraction of sp³-hybridized carbons (Fsp3) is 0.417. The summed E-state index contributed by atoms with van der Waals surface area (Å²) in [6, 6.07) is 8.22. The van der Waals surface area contributed by atoms with Gasteiger partial charge in [-0.05, 0) is 12.5 Å². The van der Waals surface area contributed by atoms with E-state index in [2.05, 4.69) is 4.74 Å². The molecule has 0 aliphatic rings. The highest BCUT2D eigenvalue weighted by atomic mass is 31.2. The first-order chi connectivity index (χ1) is 8.47. The highest BCUT2D eigenvalue weighted by molar-refractivity contribution is 7.58. The van der Waals surface area contributed by atoms with Crippen molar-refractivity contribution in [1.29, 1.82) is 0 Å². The summed E-state index contributed by atoms with van der Waals surface area (Å²) in [6.07, 6.45) is -0.465. The van der Waals surface area contributed by atoms with Gasteiger partial charge in [0.15, 0.2) is 5.85 Å². The van der Waals surface area contributed by atoms with Crippen molar-refractivity contribution in [2.75, 3.05) is 12.8 Å². The van der Waals surface area contributed by atoms with Crippen LogP contribution in [0.5, 0.6) is 0 Å². The van der Waals surface area contributed by atoms with E-state index in [-0.39, 0.29) is 19.2 Å². The minimum atomic E-state index is -3.83. The third-order valence-corrected chi connectivity index (χ3v) is 4.35. The summed E-state index contributed by atoms with van der Waals surface area (Å²) in [5, 5.41) is 9.83. The second-order valence-electron chi connectivity index (χ2n) is 3.82. The number of aliphatic hydroxyl groups excluding tert-OH is 1. The Morgan fingerprint density at radius 3 is 2.56 bits per heavy atom. The quantitative estimate of drug-likeness (QED) is 0.610. The molecule has 0 aromatic heterocycles. The van der Waals surface area contributed by atoms with Gasteiger partial charge in [0.05, 0.1) is 13.0 Å². The average Bonchev–Trinajstić information content (AvgIpc) is 2.37. The normalized spacial score (nSPS) is 15.7.